The second-order valence-corrected chi connectivity index (χ2v) is 2.82. The van der Waals surface area contributed by atoms with Crippen LogP contribution in [0.5, 0.6) is 0 Å². The van der Waals surface area contributed by atoms with Crippen molar-refractivity contribution in [3.8, 4) is 0 Å². The largest absolute Gasteiger partial charge is 0.360 e. The summed E-state index contributed by atoms with van der Waals surface area (Å²) in [6, 6.07) is 0.517. The van der Waals surface area contributed by atoms with Crippen molar-refractivity contribution in [3.63, 3.8) is 0 Å². The summed E-state index contributed by atoms with van der Waals surface area (Å²) >= 11 is 0. The lowest BCUT2D eigenvalue weighted by Crippen LogP contribution is -2.45. The third-order valence-corrected chi connectivity index (χ3v) is 2.22. The highest BCUT2D eigenvalue weighted by atomic mass is 16.5. The smallest absolute Gasteiger partial charge is 0.123 e. The van der Waals surface area contributed by atoms with E-state index in [2.05, 4.69) is 0 Å². The number of nitrogens with two attached hydrogens (primary N) is 1. The maximum atomic E-state index is 5.69. The van der Waals surface area contributed by atoms with Gasteiger partial charge < -0.3 is 4.74 Å². The van der Waals surface area contributed by atoms with Crippen molar-refractivity contribution in [1.82, 2.24) is 5.01 Å². The Kier molecular flexibility index (Phi) is 1.22. The maximum absolute atomic E-state index is 5.69. The number of ether oxygens (including phenoxy) is 1. The van der Waals surface area contributed by atoms with Gasteiger partial charge in [0.1, 0.15) is 6.23 Å². The molecule has 2 heterocycles. The second-order valence-electron chi connectivity index (χ2n) is 2.82. The van der Waals surface area contributed by atoms with E-state index in [-0.39, 0.29) is 6.23 Å². The van der Waals surface area contributed by atoms with Gasteiger partial charge in [0, 0.05) is 0 Å². The summed E-state index contributed by atoms with van der Waals surface area (Å²) in [5.41, 5.74) is 0. The van der Waals surface area contributed by atoms with Crippen molar-refractivity contribution in [2.75, 3.05) is 6.61 Å². The minimum Gasteiger partial charge on any atom is -0.360 e. The maximum Gasteiger partial charge on any atom is 0.123 e. The van der Waals surface area contributed by atoms with Gasteiger partial charge in [-0.3, -0.25) is 5.84 Å². The molecule has 2 bridgehead atoms. The van der Waals surface area contributed by atoms with Crippen LogP contribution in [0.4, 0.5) is 0 Å². The van der Waals surface area contributed by atoms with Crippen LogP contribution in [0, 0.1) is 0 Å². The van der Waals surface area contributed by atoms with Crippen molar-refractivity contribution < 1.29 is 4.74 Å². The van der Waals surface area contributed by atoms with E-state index in [9.17, 15) is 0 Å². The van der Waals surface area contributed by atoms with E-state index in [1.807, 2.05) is 5.01 Å². The number of rotatable bonds is 0. The number of hydrogen-bond donors (Lipinski definition) is 1. The summed E-state index contributed by atoms with van der Waals surface area (Å²) in [6.45, 7) is 0.848. The van der Waals surface area contributed by atoms with Gasteiger partial charge in [0.15, 0.2) is 0 Å². The zero-order valence-electron chi connectivity index (χ0n) is 5.42. The number of fused-ring (bicyclic) bond motifs is 2. The van der Waals surface area contributed by atoms with Crippen LogP contribution in [0.15, 0.2) is 0 Å². The first kappa shape index (κ1) is 5.65. The molecule has 0 radical (unpaired) electrons. The number of nitrogens with zero attached hydrogens (tertiary/aromatic N) is 1. The topological polar surface area (TPSA) is 38.5 Å². The van der Waals surface area contributed by atoms with Crippen molar-refractivity contribution >= 4 is 0 Å². The highest BCUT2D eigenvalue weighted by molar-refractivity contribution is 4.81. The van der Waals surface area contributed by atoms with E-state index >= 15 is 0 Å². The van der Waals surface area contributed by atoms with Crippen LogP contribution in [0.2, 0.25) is 0 Å². The van der Waals surface area contributed by atoms with Crippen LogP contribution in [-0.2, 0) is 4.74 Å². The monoisotopic (exact) mass is 128 g/mol. The molecule has 2 aliphatic heterocycles. The van der Waals surface area contributed by atoms with Crippen molar-refractivity contribution in [2.45, 2.75) is 31.5 Å². The highest BCUT2D eigenvalue weighted by Gasteiger charge is 2.35. The van der Waals surface area contributed by atoms with Crippen LogP contribution in [0.25, 0.3) is 0 Å². The lowest BCUT2D eigenvalue weighted by molar-refractivity contribution is 0.0105. The molecule has 0 amide bonds. The Hall–Kier alpha value is -0.120. The molecule has 2 unspecified atom stereocenters. The predicted molar refractivity (Wildman–Crippen MR) is 33.4 cm³/mol. The van der Waals surface area contributed by atoms with Crippen molar-refractivity contribution in [1.29, 1.82) is 0 Å². The molecule has 2 atom stereocenters. The van der Waals surface area contributed by atoms with Gasteiger partial charge in [-0.05, 0) is 19.3 Å². The minimum atomic E-state index is 0.240. The number of piperidine rings is 1. The normalized spacial score (nSPS) is 43.7. The minimum absolute atomic E-state index is 0.240. The molecule has 2 N–H and O–H groups in total. The lowest BCUT2D eigenvalue weighted by atomic mass is 10.1. The summed E-state index contributed by atoms with van der Waals surface area (Å²) in [7, 11) is 0. The van der Waals surface area contributed by atoms with E-state index in [4.69, 9.17) is 10.6 Å². The molecule has 9 heavy (non-hydrogen) atoms. The van der Waals surface area contributed by atoms with Crippen LogP contribution in [-0.4, -0.2) is 23.9 Å². The number of hydrogen-bond acceptors (Lipinski definition) is 3. The van der Waals surface area contributed by atoms with Gasteiger partial charge in [0.2, 0.25) is 0 Å². The molecule has 2 fully saturated rings. The van der Waals surface area contributed by atoms with Crippen LogP contribution >= 0.6 is 0 Å². The third kappa shape index (κ3) is 0.764. The zero-order chi connectivity index (χ0) is 6.27. The first-order valence-corrected chi connectivity index (χ1v) is 3.52. The molecule has 2 aliphatic rings. The molecule has 3 heteroatoms. The molecular formula is C6H12N2O. The molecule has 0 spiro atoms. The molecular weight excluding hydrogens is 116 g/mol. The highest BCUT2D eigenvalue weighted by Crippen LogP contribution is 2.26. The molecule has 0 aromatic carbocycles. The molecule has 2 rings (SSSR count). The fourth-order valence-electron chi connectivity index (χ4n) is 1.62. The van der Waals surface area contributed by atoms with Crippen molar-refractivity contribution in [2.24, 2.45) is 5.84 Å². The van der Waals surface area contributed by atoms with E-state index in [0.29, 0.717) is 6.04 Å². The standard InChI is InChI=1S/C6H12N2O/c7-8-5-2-1-3-6(8)9-4-5/h5-6H,1-4,7H2. The summed E-state index contributed by atoms with van der Waals surface area (Å²) in [6.07, 6.45) is 3.85. The molecule has 2 saturated heterocycles. The Labute approximate surface area is 54.7 Å². The third-order valence-electron chi connectivity index (χ3n) is 2.22. The Morgan fingerprint density at radius 3 is 3.00 bits per heavy atom. The lowest BCUT2D eigenvalue weighted by Gasteiger charge is -2.27. The quantitative estimate of drug-likeness (QED) is 0.469. The van der Waals surface area contributed by atoms with Gasteiger partial charge in [0.25, 0.3) is 0 Å². The molecule has 0 aliphatic carbocycles. The summed E-state index contributed by atoms with van der Waals surface area (Å²) in [5.74, 6) is 5.69. The Bertz CT molecular complexity index is 102. The Balaban J connectivity index is 2.10. The van der Waals surface area contributed by atoms with Gasteiger partial charge in [-0.2, -0.15) is 0 Å². The summed E-state index contributed by atoms with van der Waals surface area (Å²) < 4.78 is 5.39. The molecule has 0 aromatic rings. The van der Waals surface area contributed by atoms with E-state index in [1.165, 1.54) is 12.8 Å². The molecule has 0 saturated carbocycles. The van der Waals surface area contributed by atoms with Crippen LogP contribution in [0.3, 0.4) is 0 Å². The first-order valence-electron chi connectivity index (χ1n) is 3.52. The zero-order valence-corrected chi connectivity index (χ0v) is 5.42. The summed E-state index contributed by atoms with van der Waals surface area (Å²) in [4.78, 5) is 0. The predicted octanol–water partition coefficient (Wildman–Crippen LogP) is 0.0709. The van der Waals surface area contributed by atoms with E-state index < -0.39 is 0 Å². The number of hydrazine groups is 1. The van der Waals surface area contributed by atoms with Crippen molar-refractivity contribution in [3.05, 3.63) is 0 Å². The fourth-order valence-corrected chi connectivity index (χ4v) is 1.62. The van der Waals surface area contributed by atoms with Gasteiger partial charge in [0.05, 0.1) is 12.6 Å². The van der Waals surface area contributed by atoms with E-state index in [0.717, 1.165) is 13.0 Å². The molecule has 3 nitrogen and oxygen atoms in total. The summed E-state index contributed by atoms with van der Waals surface area (Å²) in [5, 5.41) is 1.86. The Morgan fingerprint density at radius 2 is 2.33 bits per heavy atom. The Morgan fingerprint density at radius 1 is 1.44 bits per heavy atom. The van der Waals surface area contributed by atoms with Gasteiger partial charge in [-0.1, -0.05) is 0 Å². The fraction of sp³-hybridized carbons (Fsp3) is 1.00. The second kappa shape index (κ2) is 1.94. The van der Waals surface area contributed by atoms with E-state index in [1.54, 1.807) is 0 Å². The average Bonchev–Trinajstić information content (AvgIpc) is 2.19. The van der Waals surface area contributed by atoms with Gasteiger partial charge in [-0.15, -0.1) is 0 Å². The SMILES string of the molecule is NN1C2CCCC1OC2. The van der Waals surface area contributed by atoms with Crippen LogP contribution < -0.4 is 5.84 Å². The first-order chi connectivity index (χ1) is 4.38. The average molecular weight is 128 g/mol. The molecule has 0 aromatic heterocycles. The van der Waals surface area contributed by atoms with Crippen LogP contribution in [0.1, 0.15) is 19.3 Å². The van der Waals surface area contributed by atoms with Gasteiger partial charge >= 0.3 is 0 Å². The van der Waals surface area contributed by atoms with Gasteiger partial charge in [-0.25, -0.2) is 5.01 Å². The molecule has 52 valence electrons.